The van der Waals surface area contributed by atoms with Gasteiger partial charge in [-0.25, -0.2) is 0 Å². The van der Waals surface area contributed by atoms with E-state index in [1.54, 1.807) is 12.1 Å². The number of aliphatic carboxylic acids is 1. The number of hydrogen-bond acceptors (Lipinski definition) is 4. The van der Waals surface area contributed by atoms with E-state index < -0.39 is 17.8 Å². The van der Waals surface area contributed by atoms with E-state index in [4.69, 9.17) is 5.11 Å². The molecule has 3 N–H and O–H groups in total. The van der Waals surface area contributed by atoms with Crippen LogP contribution in [-0.2, 0) is 14.4 Å². The molecule has 0 radical (unpaired) electrons. The standard InChI is InChI=1S/C15H17N3O4/c19-13-14(20)18(6-5-16-13)11-3-1-9(2-4-11)12-7-10(8-17-12)15(21)22/h1-4,10,12,17H,5-8H2,(H,16,19)(H,21,22). The first-order valence-electron chi connectivity index (χ1n) is 7.22. The first kappa shape index (κ1) is 14.5. The van der Waals surface area contributed by atoms with Gasteiger partial charge in [-0.15, -0.1) is 0 Å². The number of piperazine rings is 1. The summed E-state index contributed by atoms with van der Waals surface area (Å²) in [6.45, 7) is 1.36. The topological polar surface area (TPSA) is 98.7 Å². The number of hydrogen-bond donors (Lipinski definition) is 3. The van der Waals surface area contributed by atoms with Crippen LogP contribution in [0.5, 0.6) is 0 Å². The van der Waals surface area contributed by atoms with Crippen molar-refractivity contribution >= 4 is 23.5 Å². The smallest absolute Gasteiger partial charge is 0.316 e. The Morgan fingerprint density at radius 3 is 2.59 bits per heavy atom. The van der Waals surface area contributed by atoms with E-state index in [0.717, 1.165) is 5.56 Å². The van der Waals surface area contributed by atoms with Crippen molar-refractivity contribution in [1.29, 1.82) is 0 Å². The molecule has 0 aliphatic carbocycles. The molecule has 1 aromatic rings. The summed E-state index contributed by atoms with van der Waals surface area (Å²) in [5.41, 5.74) is 1.66. The van der Waals surface area contributed by atoms with Gasteiger partial charge in [0.1, 0.15) is 0 Å². The normalized spacial score (nSPS) is 25.2. The summed E-state index contributed by atoms with van der Waals surface area (Å²) >= 11 is 0. The van der Waals surface area contributed by atoms with Crippen LogP contribution in [0.2, 0.25) is 0 Å². The Bertz CT molecular complexity index is 614. The number of carbonyl (C=O) groups excluding carboxylic acids is 2. The SMILES string of the molecule is O=C1NCCN(c2ccc(C3CC(C(=O)O)CN3)cc2)C1=O. The molecule has 7 heteroatoms. The highest BCUT2D eigenvalue weighted by molar-refractivity contribution is 6.41. The third-order valence-corrected chi connectivity index (χ3v) is 4.15. The predicted molar refractivity (Wildman–Crippen MR) is 78.3 cm³/mol. The third kappa shape index (κ3) is 2.67. The maximum absolute atomic E-state index is 11.8. The molecule has 0 saturated carbocycles. The Hall–Kier alpha value is -2.41. The van der Waals surface area contributed by atoms with Crippen LogP contribution in [-0.4, -0.2) is 42.5 Å². The minimum absolute atomic E-state index is 0.00973. The number of carbonyl (C=O) groups is 3. The van der Waals surface area contributed by atoms with E-state index in [2.05, 4.69) is 10.6 Å². The molecule has 2 atom stereocenters. The van der Waals surface area contributed by atoms with Gasteiger partial charge < -0.3 is 20.6 Å². The fourth-order valence-electron chi connectivity index (χ4n) is 2.89. The lowest BCUT2D eigenvalue weighted by molar-refractivity contribution is -0.141. The quantitative estimate of drug-likeness (QED) is 0.676. The van der Waals surface area contributed by atoms with Gasteiger partial charge in [-0.2, -0.15) is 0 Å². The van der Waals surface area contributed by atoms with Crippen molar-refractivity contribution in [2.45, 2.75) is 12.5 Å². The maximum Gasteiger partial charge on any atom is 0.316 e. The first-order valence-corrected chi connectivity index (χ1v) is 7.22. The van der Waals surface area contributed by atoms with Crippen LogP contribution in [0.4, 0.5) is 5.69 Å². The Morgan fingerprint density at radius 1 is 1.23 bits per heavy atom. The van der Waals surface area contributed by atoms with Gasteiger partial charge in [-0.3, -0.25) is 14.4 Å². The van der Waals surface area contributed by atoms with Gasteiger partial charge in [-0.05, 0) is 24.1 Å². The lowest BCUT2D eigenvalue weighted by Gasteiger charge is -2.26. The van der Waals surface area contributed by atoms with E-state index >= 15 is 0 Å². The van der Waals surface area contributed by atoms with Gasteiger partial charge in [0, 0.05) is 31.4 Å². The number of carboxylic acid groups (broad SMARTS) is 1. The van der Waals surface area contributed by atoms with Gasteiger partial charge in [0.25, 0.3) is 0 Å². The van der Waals surface area contributed by atoms with Crippen LogP contribution in [0.15, 0.2) is 24.3 Å². The number of carboxylic acids is 1. The fourth-order valence-corrected chi connectivity index (χ4v) is 2.89. The summed E-state index contributed by atoms with van der Waals surface area (Å²) in [4.78, 5) is 35.6. The molecular weight excluding hydrogens is 286 g/mol. The van der Waals surface area contributed by atoms with Crippen molar-refractivity contribution in [3.05, 3.63) is 29.8 Å². The van der Waals surface area contributed by atoms with Gasteiger partial charge in [0.2, 0.25) is 0 Å². The van der Waals surface area contributed by atoms with Crippen molar-refractivity contribution in [3.8, 4) is 0 Å². The maximum atomic E-state index is 11.8. The molecule has 2 amide bonds. The average Bonchev–Trinajstić information content (AvgIpc) is 3.00. The summed E-state index contributed by atoms with van der Waals surface area (Å²) < 4.78 is 0. The highest BCUT2D eigenvalue weighted by atomic mass is 16.4. The number of rotatable bonds is 3. The zero-order chi connectivity index (χ0) is 15.7. The lowest BCUT2D eigenvalue weighted by atomic mass is 10.00. The van der Waals surface area contributed by atoms with Crippen molar-refractivity contribution in [2.24, 2.45) is 5.92 Å². The lowest BCUT2D eigenvalue weighted by Crippen LogP contribution is -2.52. The number of benzene rings is 1. The monoisotopic (exact) mass is 303 g/mol. The zero-order valence-corrected chi connectivity index (χ0v) is 11.9. The second kappa shape index (κ2) is 5.76. The Labute approximate surface area is 127 Å². The largest absolute Gasteiger partial charge is 0.481 e. The van der Waals surface area contributed by atoms with Crippen LogP contribution in [0.1, 0.15) is 18.0 Å². The van der Waals surface area contributed by atoms with Gasteiger partial charge in [0.15, 0.2) is 0 Å². The minimum Gasteiger partial charge on any atom is -0.481 e. The summed E-state index contributed by atoms with van der Waals surface area (Å²) in [6.07, 6.45) is 0.555. The molecule has 2 heterocycles. The fraction of sp³-hybridized carbons (Fsp3) is 0.400. The van der Waals surface area contributed by atoms with Crippen molar-refractivity contribution in [3.63, 3.8) is 0 Å². The molecule has 0 bridgehead atoms. The second-order valence-corrected chi connectivity index (χ2v) is 5.54. The molecule has 3 rings (SSSR count). The summed E-state index contributed by atoms with van der Waals surface area (Å²) in [6, 6.07) is 7.34. The van der Waals surface area contributed by atoms with E-state index in [1.165, 1.54) is 4.90 Å². The average molecular weight is 303 g/mol. The van der Waals surface area contributed by atoms with Crippen LogP contribution in [0.25, 0.3) is 0 Å². The molecule has 2 saturated heterocycles. The van der Waals surface area contributed by atoms with E-state index in [1.807, 2.05) is 12.1 Å². The van der Waals surface area contributed by atoms with Crippen molar-refractivity contribution in [2.75, 3.05) is 24.5 Å². The van der Waals surface area contributed by atoms with Crippen molar-refractivity contribution < 1.29 is 19.5 Å². The predicted octanol–water partition coefficient (Wildman–Crippen LogP) is -0.115. The molecule has 2 unspecified atom stereocenters. The number of anilines is 1. The zero-order valence-electron chi connectivity index (χ0n) is 11.9. The molecule has 22 heavy (non-hydrogen) atoms. The number of amides is 2. The van der Waals surface area contributed by atoms with Crippen molar-refractivity contribution in [1.82, 2.24) is 10.6 Å². The summed E-state index contributed by atoms with van der Waals surface area (Å²) in [5.74, 6) is -2.28. The number of nitrogens with zero attached hydrogens (tertiary/aromatic N) is 1. The van der Waals surface area contributed by atoms with Crippen LogP contribution < -0.4 is 15.5 Å². The van der Waals surface area contributed by atoms with E-state index in [-0.39, 0.29) is 12.0 Å². The Balaban J connectivity index is 1.72. The minimum atomic E-state index is -0.781. The molecule has 0 spiro atoms. The molecule has 0 aromatic heterocycles. The Kier molecular flexibility index (Phi) is 3.81. The highest BCUT2D eigenvalue weighted by Gasteiger charge is 2.31. The van der Waals surface area contributed by atoms with Crippen LogP contribution in [0, 0.1) is 5.92 Å². The van der Waals surface area contributed by atoms with Gasteiger partial charge >= 0.3 is 17.8 Å². The molecule has 2 aliphatic rings. The van der Waals surface area contributed by atoms with Gasteiger partial charge in [-0.1, -0.05) is 12.1 Å². The molecule has 7 nitrogen and oxygen atoms in total. The summed E-state index contributed by atoms with van der Waals surface area (Å²) in [5, 5.41) is 14.7. The molecule has 2 aliphatic heterocycles. The molecule has 2 fully saturated rings. The first-order chi connectivity index (χ1) is 10.6. The summed E-state index contributed by atoms with van der Waals surface area (Å²) in [7, 11) is 0. The molecule has 116 valence electrons. The number of nitrogens with one attached hydrogen (secondary N) is 2. The van der Waals surface area contributed by atoms with Gasteiger partial charge in [0.05, 0.1) is 5.92 Å². The molecular formula is C15H17N3O4. The van der Waals surface area contributed by atoms with Crippen LogP contribution in [0.3, 0.4) is 0 Å². The van der Waals surface area contributed by atoms with Crippen LogP contribution >= 0.6 is 0 Å². The molecule has 1 aromatic carbocycles. The second-order valence-electron chi connectivity index (χ2n) is 5.54. The van der Waals surface area contributed by atoms with E-state index in [0.29, 0.717) is 31.7 Å². The highest BCUT2D eigenvalue weighted by Crippen LogP contribution is 2.28. The van der Waals surface area contributed by atoms with E-state index in [9.17, 15) is 14.4 Å². The Morgan fingerprint density at radius 2 is 1.95 bits per heavy atom. The third-order valence-electron chi connectivity index (χ3n) is 4.15.